The number of esters is 2. The summed E-state index contributed by atoms with van der Waals surface area (Å²) in [5.74, 6) is -2.25. The Morgan fingerprint density at radius 2 is 1.45 bits per heavy atom. The van der Waals surface area contributed by atoms with Gasteiger partial charge in [0.05, 0.1) is 22.3 Å². The summed E-state index contributed by atoms with van der Waals surface area (Å²) in [6.07, 6.45) is 1.95. The summed E-state index contributed by atoms with van der Waals surface area (Å²) in [6.45, 7) is 13.0. The van der Waals surface area contributed by atoms with E-state index >= 15 is 0 Å². The van der Waals surface area contributed by atoms with E-state index in [1.54, 1.807) is 0 Å². The smallest absolute Gasteiger partial charge is 0.320 e. The summed E-state index contributed by atoms with van der Waals surface area (Å²) in [5, 5.41) is 0.218. The quantitative estimate of drug-likeness (QED) is 0.444. The molecule has 0 saturated carbocycles. The fourth-order valence-electron chi connectivity index (χ4n) is 1.53. The minimum absolute atomic E-state index is 0.218. The molecule has 0 aliphatic heterocycles. The molecule has 0 aromatic rings. The van der Waals surface area contributed by atoms with Gasteiger partial charge in [0.1, 0.15) is 0 Å². The van der Waals surface area contributed by atoms with Crippen molar-refractivity contribution < 1.29 is 19.1 Å². The second-order valence-electron chi connectivity index (χ2n) is 6.71. The summed E-state index contributed by atoms with van der Waals surface area (Å²) < 4.78 is 9.39. The summed E-state index contributed by atoms with van der Waals surface area (Å²) in [4.78, 5) is 23.5. The number of ether oxygens (including phenoxy) is 2. The van der Waals surface area contributed by atoms with Crippen LogP contribution in [0.1, 0.15) is 27.7 Å². The lowest BCUT2D eigenvalue weighted by atomic mass is 9.94. The average Bonchev–Trinajstić information content (AvgIpc) is 2.34. The number of carbonyl (C=O) groups is 2. The Morgan fingerprint density at radius 1 is 1.05 bits per heavy atom. The number of rotatable bonds is 5. The van der Waals surface area contributed by atoms with Crippen LogP contribution in [0.3, 0.4) is 0 Å². The zero-order valence-corrected chi connectivity index (χ0v) is 14.9. The number of hydrogen-bond acceptors (Lipinski definition) is 4. The van der Waals surface area contributed by atoms with E-state index in [1.807, 2.05) is 13.0 Å². The van der Waals surface area contributed by atoms with Crippen LogP contribution < -0.4 is 0 Å². The first kappa shape index (κ1) is 18.9. The van der Waals surface area contributed by atoms with Crippen LogP contribution in [0.5, 0.6) is 0 Å². The maximum Gasteiger partial charge on any atom is 0.320 e. The van der Waals surface area contributed by atoms with Gasteiger partial charge in [-0.05, 0) is 11.0 Å². The second-order valence-corrected chi connectivity index (χ2v) is 12.0. The van der Waals surface area contributed by atoms with Crippen molar-refractivity contribution in [2.75, 3.05) is 14.2 Å². The maximum atomic E-state index is 11.7. The van der Waals surface area contributed by atoms with Gasteiger partial charge in [-0.25, -0.2) is 0 Å². The van der Waals surface area contributed by atoms with E-state index < -0.39 is 25.9 Å². The molecular formula is C15H28O4Si. The largest absolute Gasteiger partial charge is 0.468 e. The number of methoxy groups -OCH3 is 2. The van der Waals surface area contributed by atoms with Crippen LogP contribution in [0.15, 0.2) is 11.8 Å². The molecule has 0 aliphatic carbocycles. The van der Waals surface area contributed by atoms with Gasteiger partial charge in [-0.15, -0.1) is 0 Å². The van der Waals surface area contributed by atoms with Crippen LogP contribution in [0.2, 0.25) is 18.1 Å². The molecule has 20 heavy (non-hydrogen) atoms. The average molecular weight is 300 g/mol. The van der Waals surface area contributed by atoms with Crippen LogP contribution in [-0.4, -0.2) is 34.2 Å². The maximum absolute atomic E-state index is 11.7. The lowest BCUT2D eigenvalue weighted by Gasteiger charge is -2.34. The van der Waals surface area contributed by atoms with E-state index in [4.69, 9.17) is 9.47 Å². The first-order valence-corrected chi connectivity index (χ1v) is 9.90. The van der Waals surface area contributed by atoms with Gasteiger partial charge in [-0.3, -0.25) is 9.59 Å². The summed E-state index contributed by atoms with van der Waals surface area (Å²) in [7, 11) is 0.972. The Labute approximate surface area is 123 Å². The van der Waals surface area contributed by atoms with Crippen molar-refractivity contribution in [3.63, 3.8) is 0 Å². The van der Waals surface area contributed by atoms with Crippen LogP contribution in [-0.2, 0) is 19.1 Å². The van der Waals surface area contributed by atoms with E-state index in [0.29, 0.717) is 0 Å². The fourth-order valence-corrected chi connectivity index (χ4v) is 2.82. The fraction of sp³-hybridized carbons (Fsp3) is 0.733. The Kier molecular flexibility index (Phi) is 6.67. The lowest BCUT2D eigenvalue weighted by Crippen LogP contribution is -2.36. The molecule has 5 heteroatoms. The summed E-state index contributed by atoms with van der Waals surface area (Å²) in [5.41, 5.74) is 2.19. The zero-order chi connectivity index (χ0) is 16.1. The normalized spacial score (nSPS) is 14.4. The van der Waals surface area contributed by atoms with Crippen molar-refractivity contribution in [1.29, 1.82) is 0 Å². The molecule has 0 rings (SSSR count). The summed E-state index contributed by atoms with van der Waals surface area (Å²) in [6, 6.07) is 0. The van der Waals surface area contributed by atoms with Gasteiger partial charge in [0.2, 0.25) is 0 Å². The Bertz CT molecular complexity index is 364. The van der Waals surface area contributed by atoms with Gasteiger partial charge in [-0.1, -0.05) is 52.6 Å². The molecular weight excluding hydrogens is 272 g/mol. The molecule has 0 spiro atoms. The Balaban J connectivity index is 5.17. The van der Waals surface area contributed by atoms with Crippen molar-refractivity contribution >= 4 is 20.0 Å². The van der Waals surface area contributed by atoms with Crippen molar-refractivity contribution in [2.45, 2.75) is 45.8 Å². The zero-order valence-electron chi connectivity index (χ0n) is 13.9. The molecule has 0 radical (unpaired) electrons. The molecule has 0 saturated heterocycles. The van der Waals surface area contributed by atoms with E-state index in [-0.39, 0.29) is 11.0 Å². The molecule has 0 N–H and O–H groups in total. The lowest BCUT2D eigenvalue weighted by molar-refractivity contribution is -0.160. The topological polar surface area (TPSA) is 52.6 Å². The Hall–Kier alpha value is -1.10. The van der Waals surface area contributed by atoms with Gasteiger partial charge < -0.3 is 9.47 Å². The highest BCUT2D eigenvalue weighted by atomic mass is 28.3. The van der Waals surface area contributed by atoms with E-state index in [9.17, 15) is 9.59 Å². The number of hydrogen-bond donors (Lipinski definition) is 0. The van der Waals surface area contributed by atoms with Crippen LogP contribution >= 0.6 is 0 Å². The highest BCUT2D eigenvalue weighted by molar-refractivity contribution is 6.84. The minimum atomic E-state index is -1.59. The van der Waals surface area contributed by atoms with Gasteiger partial charge >= 0.3 is 11.9 Å². The summed E-state index contributed by atoms with van der Waals surface area (Å²) >= 11 is 0. The van der Waals surface area contributed by atoms with Gasteiger partial charge in [0.15, 0.2) is 5.92 Å². The van der Waals surface area contributed by atoms with E-state index in [2.05, 4.69) is 39.6 Å². The third-order valence-electron chi connectivity index (χ3n) is 4.19. The SMILES string of the molecule is COC(=O)C(C(=O)OC)[C@@H](C)/C=C/[Si](C)(C)C(C)(C)C. The molecule has 0 heterocycles. The van der Waals surface area contributed by atoms with Gasteiger partial charge in [-0.2, -0.15) is 0 Å². The van der Waals surface area contributed by atoms with Crippen LogP contribution in [0, 0.1) is 11.8 Å². The van der Waals surface area contributed by atoms with Crippen molar-refractivity contribution in [3.8, 4) is 0 Å². The molecule has 0 aliphatic rings. The number of allylic oxidation sites excluding steroid dienone is 1. The standard InChI is InChI=1S/C15H28O4Si/c1-11(9-10-20(7,8)15(2,3)4)12(13(16)18-5)14(17)19-6/h9-12H,1-8H3/b10-9+/t11-/m0/s1. The van der Waals surface area contributed by atoms with Crippen molar-refractivity contribution in [2.24, 2.45) is 11.8 Å². The van der Waals surface area contributed by atoms with Crippen molar-refractivity contribution in [3.05, 3.63) is 11.8 Å². The van der Waals surface area contributed by atoms with Gasteiger partial charge in [0.25, 0.3) is 0 Å². The predicted octanol–water partition coefficient (Wildman–Crippen LogP) is 3.19. The first-order valence-electron chi connectivity index (χ1n) is 6.83. The third-order valence-corrected chi connectivity index (χ3v) is 9.08. The molecule has 0 fully saturated rings. The Morgan fingerprint density at radius 3 is 1.75 bits per heavy atom. The van der Waals surface area contributed by atoms with Crippen LogP contribution in [0.25, 0.3) is 0 Å². The predicted molar refractivity (Wildman–Crippen MR) is 83.0 cm³/mol. The minimum Gasteiger partial charge on any atom is -0.468 e. The molecule has 0 unspecified atom stereocenters. The monoisotopic (exact) mass is 300 g/mol. The third kappa shape index (κ3) is 4.78. The molecule has 0 bridgehead atoms. The van der Waals surface area contributed by atoms with Crippen molar-refractivity contribution in [1.82, 2.24) is 0 Å². The molecule has 0 aromatic heterocycles. The molecule has 1 atom stereocenters. The molecule has 0 amide bonds. The van der Waals surface area contributed by atoms with E-state index in [1.165, 1.54) is 14.2 Å². The van der Waals surface area contributed by atoms with E-state index in [0.717, 1.165) is 0 Å². The number of carbonyl (C=O) groups excluding carboxylic acids is 2. The molecule has 0 aromatic carbocycles. The van der Waals surface area contributed by atoms with Gasteiger partial charge in [0, 0.05) is 0 Å². The second kappa shape index (κ2) is 7.06. The first-order chi connectivity index (χ1) is 8.97. The highest BCUT2D eigenvalue weighted by Gasteiger charge is 2.35. The molecule has 116 valence electrons. The van der Waals surface area contributed by atoms with Crippen LogP contribution in [0.4, 0.5) is 0 Å². The molecule has 4 nitrogen and oxygen atoms in total. The highest BCUT2D eigenvalue weighted by Crippen LogP contribution is 2.37.